The van der Waals surface area contributed by atoms with Crippen LogP contribution in [-0.2, 0) is 9.47 Å². The average Bonchev–Trinajstić information content (AvgIpc) is 2.89. The van der Waals surface area contributed by atoms with Crippen LogP contribution in [-0.4, -0.2) is 66.5 Å². The first-order chi connectivity index (χ1) is 17.4. The van der Waals surface area contributed by atoms with Crippen LogP contribution in [0.1, 0.15) is 24.2 Å². The molecule has 1 aliphatic rings. The van der Waals surface area contributed by atoms with Crippen LogP contribution in [0.25, 0.3) is 11.4 Å². The Hall–Kier alpha value is -4.25. The third-order valence-electron chi connectivity index (χ3n) is 5.20. The smallest absolute Gasteiger partial charge is 0.337 e. The predicted molar refractivity (Wildman–Crippen MR) is 134 cm³/mol. The van der Waals surface area contributed by atoms with Crippen molar-refractivity contribution in [1.29, 1.82) is 0 Å². The molecule has 2 amide bonds. The maximum Gasteiger partial charge on any atom is 0.337 e. The number of amides is 2. The lowest BCUT2D eigenvalue weighted by atomic mass is 10.2. The standard InChI is InChI=1S/C25H28N6O5/c1-16(2)36-25-29-21(28-23(30-25)31-12-14-35-15-13-31)17-4-8-19(9-5-17)26-24(33)27-20-10-6-18(7-11-20)22(32)34-3/h4-11,16H,12-15H2,1-3H3,(H2,26,27,33). The lowest BCUT2D eigenvalue weighted by Gasteiger charge is -2.27. The van der Waals surface area contributed by atoms with Gasteiger partial charge < -0.3 is 29.7 Å². The Kier molecular flexibility index (Phi) is 7.91. The summed E-state index contributed by atoms with van der Waals surface area (Å²) in [5, 5.41) is 5.50. The number of esters is 1. The highest BCUT2D eigenvalue weighted by Crippen LogP contribution is 2.23. The maximum atomic E-state index is 12.4. The molecule has 4 rings (SSSR count). The fourth-order valence-electron chi connectivity index (χ4n) is 3.45. The van der Waals surface area contributed by atoms with Crippen LogP contribution in [0, 0.1) is 0 Å². The van der Waals surface area contributed by atoms with Crippen LogP contribution in [0.5, 0.6) is 6.01 Å². The first-order valence-corrected chi connectivity index (χ1v) is 11.5. The van der Waals surface area contributed by atoms with Crippen molar-refractivity contribution < 1.29 is 23.8 Å². The van der Waals surface area contributed by atoms with Gasteiger partial charge in [0.15, 0.2) is 5.82 Å². The van der Waals surface area contributed by atoms with Gasteiger partial charge >= 0.3 is 18.0 Å². The van der Waals surface area contributed by atoms with Crippen molar-refractivity contribution in [2.24, 2.45) is 0 Å². The number of nitrogens with zero attached hydrogens (tertiary/aromatic N) is 4. The van der Waals surface area contributed by atoms with Gasteiger partial charge in [-0.05, 0) is 62.4 Å². The van der Waals surface area contributed by atoms with Crippen LogP contribution >= 0.6 is 0 Å². The summed E-state index contributed by atoms with van der Waals surface area (Å²) in [4.78, 5) is 39.6. The van der Waals surface area contributed by atoms with Crippen LogP contribution in [0.2, 0.25) is 0 Å². The van der Waals surface area contributed by atoms with Crippen LogP contribution in [0.3, 0.4) is 0 Å². The van der Waals surface area contributed by atoms with Gasteiger partial charge in [-0.1, -0.05) is 0 Å². The van der Waals surface area contributed by atoms with E-state index in [4.69, 9.17) is 9.47 Å². The molecule has 0 unspecified atom stereocenters. The molecule has 188 valence electrons. The second-order valence-electron chi connectivity index (χ2n) is 8.23. The van der Waals surface area contributed by atoms with Gasteiger partial charge in [0.05, 0.1) is 32.0 Å². The summed E-state index contributed by atoms with van der Waals surface area (Å²) >= 11 is 0. The number of methoxy groups -OCH3 is 1. The number of aromatic nitrogens is 3. The predicted octanol–water partition coefficient (Wildman–Crippen LogP) is 3.59. The second kappa shape index (κ2) is 11.5. The zero-order valence-electron chi connectivity index (χ0n) is 20.4. The van der Waals surface area contributed by atoms with E-state index < -0.39 is 12.0 Å². The highest BCUT2D eigenvalue weighted by atomic mass is 16.5. The van der Waals surface area contributed by atoms with Crippen LogP contribution < -0.4 is 20.3 Å². The van der Waals surface area contributed by atoms with Gasteiger partial charge in [0.2, 0.25) is 5.95 Å². The van der Waals surface area contributed by atoms with Gasteiger partial charge in [0.25, 0.3) is 0 Å². The lowest BCUT2D eigenvalue weighted by molar-refractivity contribution is 0.0600. The molecule has 0 aliphatic carbocycles. The number of urea groups is 1. The summed E-state index contributed by atoms with van der Waals surface area (Å²) in [6, 6.07) is 13.4. The van der Waals surface area contributed by atoms with Crippen molar-refractivity contribution in [2.45, 2.75) is 20.0 Å². The van der Waals surface area contributed by atoms with E-state index in [1.165, 1.54) is 7.11 Å². The summed E-state index contributed by atoms with van der Waals surface area (Å²) in [5.41, 5.74) is 2.28. The Morgan fingerprint density at radius 1 is 0.917 bits per heavy atom. The fourth-order valence-corrected chi connectivity index (χ4v) is 3.45. The van der Waals surface area contributed by atoms with Crippen molar-refractivity contribution in [3.8, 4) is 17.4 Å². The topological polar surface area (TPSA) is 128 Å². The maximum absolute atomic E-state index is 12.4. The van der Waals surface area contributed by atoms with Crippen molar-refractivity contribution in [1.82, 2.24) is 15.0 Å². The van der Waals surface area contributed by atoms with E-state index >= 15 is 0 Å². The molecule has 1 aliphatic heterocycles. The molecule has 1 fully saturated rings. The van der Waals surface area contributed by atoms with Crippen molar-refractivity contribution >= 4 is 29.3 Å². The number of carbonyl (C=O) groups is 2. The molecule has 36 heavy (non-hydrogen) atoms. The van der Waals surface area contributed by atoms with E-state index in [9.17, 15) is 9.59 Å². The van der Waals surface area contributed by atoms with Crippen molar-refractivity contribution in [3.05, 3.63) is 54.1 Å². The van der Waals surface area contributed by atoms with Crippen molar-refractivity contribution in [3.63, 3.8) is 0 Å². The Morgan fingerprint density at radius 2 is 1.53 bits per heavy atom. The minimum Gasteiger partial charge on any atom is -0.465 e. The van der Waals surface area contributed by atoms with Crippen LogP contribution in [0.15, 0.2) is 48.5 Å². The Labute approximate surface area is 208 Å². The van der Waals surface area contributed by atoms with E-state index in [0.717, 1.165) is 5.56 Å². The van der Waals surface area contributed by atoms with Gasteiger partial charge in [0.1, 0.15) is 0 Å². The molecule has 1 saturated heterocycles. The third-order valence-corrected chi connectivity index (χ3v) is 5.20. The molecule has 11 nitrogen and oxygen atoms in total. The van der Waals surface area contributed by atoms with E-state index in [-0.39, 0.29) is 12.1 Å². The minimum atomic E-state index is -0.441. The largest absolute Gasteiger partial charge is 0.465 e. The number of hydrogen-bond acceptors (Lipinski definition) is 9. The molecular formula is C25H28N6O5. The highest BCUT2D eigenvalue weighted by molar-refractivity contribution is 6.00. The molecule has 2 heterocycles. The fraction of sp³-hybridized carbons (Fsp3) is 0.320. The van der Waals surface area contributed by atoms with Gasteiger partial charge in [-0.3, -0.25) is 0 Å². The molecule has 0 saturated carbocycles. The minimum absolute atomic E-state index is 0.0838. The number of morpholine rings is 1. The number of benzene rings is 2. The molecule has 0 bridgehead atoms. The van der Waals surface area contributed by atoms with Gasteiger partial charge in [-0.2, -0.15) is 15.0 Å². The van der Waals surface area contributed by atoms with Gasteiger partial charge in [-0.15, -0.1) is 0 Å². The summed E-state index contributed by atoms with van der Waals surface area (Å²) < 4.78 is 15.9. The molecule has 0 spiro atoms. The van der Waals surface area contributed by atoms with Crippen LogP contribution in [0.4, 0.5) is 22.1 Å². The van der Waals surface area contributed by atoms with E-state index in [1.54, 1.807) is 36.4 Å². The number of anilines is 3. The highest BCUT2D eigenvalue weighted by Gasteiger charge is 2.18. The lowest BCUT2D eigenvalue weighted by Crippen LogP contribution is -2.37. The second-order valence-corrected chi connectivity index (χ2v) is 8.23. The molecular weight excluding hydrogens is 464 g/mol. The SMILES string of the molecule is COC(=O)c1ccc(NC(=O)Nc2ccc(-c3nc(OC(C)C)nc(N4CCOCC4)n3)cc2)cc1. The molecule has 1 aromatic heterocycles. The van der Waals surface area contributed by atoms with Crippen molar-refractivity contribution in [2.75, 3.05) is 48.9 Å². The zero-order valence-corrected chi connectivity index (χ0v) is 20.4. The molecule has 0 radical (unpaired) electrons. The Morgan fingerprint density at radius 3 is 2.11 bits per heavy atom. The Bertz CT molecular complexity index is 1190. The quantitative estimate of drug-likeness (QED) is 0.476. The van der Waals surface area contributed by atoms with E-state index in [0.29, 0.717) is 55.0 Å². The van der Waals surface area contributed by atoms with Gasteiger partial charge in [0, 0.05) is 30.0 Å². The normalized spacial score (nSPS) is 13.3. The monoisotopic (exact) mass is 492 g/mol. The van der Waals surface area contributed by atoms with Gasteiger partial charge in [-0.25, -0.2) is 9.59 Å². The first-order valence-electron chi connectivity index (χ1n) is 11.5. The molecule has 2 aromatic carbocycles. The molecule has 2 N–H and O–H groups in total. The van der Waals surface area contributed by atoms with E-state index in [2.05, 4.69) is 30.3 Å². The number of ether oxygens (including phenoxy) is 3. The number of carbonyl (C=O) groups excluding carboxylic acids is 2. The summed E-state index contributed by atoms with van der Waals surface area (Å²) in [6.07, 6.45) is -0.0838. The summed E-state index contributed by atoms with van der Waals surface area (Å²) in [6.45, 7) is 6.42. The number of rotatable bonds is 7. The zero-order chi connectivity index (χ0) is 25.5. The Balaban J connectivity index is 1.45. The summed E-state index contributed by atoms with van der Waals surface area (Å²) in [7, 11) is 1.31. The molecule has 3 aromatic rings. The van der Waals surface area contributed by atoms with E-state index in [1.807, 2.05) is 30.9 Å². The summed E-state index contributed by atoms with van der Waals surface area (Å²) in [5.74, 6) is 0.576. The third kappa shape index (κ3) is 6.45. The average molecular weight is 493 g/mol. The first kappa shape index (κ1) is 24.9. The number of hydrogen-bond donors (Lipinski definition) is 2. The molecule has 0 atom stereocenters. The number of nitrogens with one attached hydrogen (secondary N) is 2. The molecule has 11 heteroatoms.